The second kappa shape index (κ2) is 7.11. The van der Waals surface area contributed by atoms with Crippen LogP contribution in [0.4, 0.5) is 0 Å². The Morgan fingerprint density at radius 2 is 2.00 bits per heavy atom. The third kappa shape index (κ3) is 3.36. The first kappa shape index (κ1) is 18.5. The van der Waals surface area contributed by atoms with E-state index in [1.54, 1.807) is 6.07 Å². The summed E-state index contributed by atoms with van der Waals surface area (Å²) in [5.74, 6) is -1.51. The number of nitrogens with zero attached hydrogens (tertiary/aromatic N) is 2. The molecule has 136 valence electrons. The Labute approximate surface area is 156 Å². The molecule has 6 nitrogen and oxygen atoms in total. The van der Waals surface area contributed by atoms with Gasteiger partial charge in [-0.3, -0.25) is 9.69 Å². The Kier molecular flexibility index (Phi) is 5.25. The van der Waals surface area contributed by atoms with Gasteiger partial charge in [-0.25, -0.2) is 4.79 Å². The lowest BCUT2D eigenvalue weighted by Crippen LogP contribution is -2.58. The second-order valence-corrected chi connectivity index (χ2v) is 7.19. The van der Waals surface area contributed by atoms with Crippen LogP contribution < -0.4 is 0 Å². The van der Waals surface area contributed by atoms with E-state index in [0.29, 0.717) is 17.9 Å². The highest BCUT2D eigenvalue weighted by atomic mass is 35.5. The van der Waals surface area contributed by atoms with Crippen LogP contribution in [0.1, 0.15) is 30.1 Å². The Morgan fingerprint density at radius 3 is 2.56 bits per heavy atom. The standard InChI is InChI=1S/C17H20Cl2N2O4/c1-2-20-7-5-17(6-8-20)21(14(10-25-17)16(23)24)15(22)12-4-3-11(18)9-13(12)19/h3-4,9,14H,2,5-8,10H2,1H3,(H,23,24). The van der Waals surface area contributed by atoms with Gasteiger partial charge in [0.2, 0.25) is 0 Å². The number of ether oxygens (including phenoxy) is 1. The van der Waals surface area contributed by atoms with Gasteiger partial charge in [0.25, 0.3) is 5.91 Å². The van der Waals surface area contributed by atoms with Crippen molar-refractivity contribution in [3.8, 4) is 0 Å². The Balaban J connectivity index is 1.95. The van der Waals surface area contributed by atoms with E-state index < -0.39 is 23.6 Å². The van der Waals surface area contributed by atoms with Crippen LogP contribution in [0.5, 0.6) is 0 Å². The normalized spacial score (nSPS) is 23.2. The molecule has 1 atom stereocenters. The molecule has 2 saturated heterocycles. The zero-order valence-electron chi connectivity index (χ0n) is 13.9. The molecule has 2 fully saturated rings. The average molecular weight is 387 g/mol. The van der Waals surface area contributed by atoms with Crippen molar-refractivity contribution >= 4 is 35.1 Å². The fourth-order valence-corrected chi connectivity index (χ4v) is 4.06. The smallest absolute Gasteiger partial charge is 0.328 e. The maximum absolute atomic E-state index is 13.2. The van der Waals surface area contributed by atoms with Crippen molar-refractivity contribution in [2.45, 2.75) is 31.5 Å². The highest BCUT2D eigenvalue weighted by Crippen LogP contribution is 2.39. The lowest BCUT2D eigenvalue weighted by Gasteiger charge is -2.44. The minimum atomic E-state index is -1.08. The lowest BCUT2D eigenvalue weighted by molar-refractivity contribution is -0.143. The summed E-state index contributed by atoms with van der Waals surface area (Å²) in [6.07, 6.45) is 1.14. The Bertz CT molecular complexity index is 689. The summed E-state index contributed by atoms with van der Waals surface area (Å²) in [5, 5.41) is 10.2. The summed E-state index contributed by atoms with van der Waals surface area (Å²) in [6, 6.07) is 3.56. The van der Waals surface area contributed by atoms with Crippen molar-refractivity contribution in [3.05, 3.63) is 33.8 Å². The number of carboxylic acid groups (broad SMARTS) is 1. The van der Waals surface area contributed by atoms with Crippen molar-refractivity contribution in [1.82, 2.24) is 9.80 Å². The number of amides is 1. The molecule has 1 aromatic rings. The number of hydrogen-bond donors (Lipinski definition) is 1. The number of carbonyl (C=O) groups is 2. The lowest BCUT2D eigenvalue weighted by atomic mass is 9.96. The zero-order valence-corrected chi connectivity index (χ0v) is 15.4. The molecule has 1 N–H and O–H groups in total. The van der Waals surface area contributed by atoms with Crippen molar-refractivity contribution < 1.29 is 19.4 Å². The predicted octanol–water partition coefficient (Wildman–Crippen LogP) is 2.73. The van der Waals surface area contributed by atoms with Gasteiger partial charge in [0, 0.05) is 31.0 Å². The van der Waals surface area contributed by atoms with Gasteiger partial charge in [-0.15, -0.1) is 0 Å². The molecular weight excluding hydrogens is 367 g/mol. The van der Waals surface area contributed by atoms with E-state index >= 15 is 0 Å². The van der Waals surface area contributed by atoms with E-state index in [9.17, 15) is 14.7 Å². The quantitative estimate of drug-likeness (QED) is 0.864. The largest absolute Gasteiger partial charge is 0.480 e. The summed E-state index contributed by atoms with van der Waals surface area (Å²) < 4.78 is 5.90. The topological polar surface area (TPSA) is 70.1 Å². The summed E-state index contributed by atoms with van der Waals surface area (Å²) in [7, 11) is 0. The molecule has 1 spiro atoms. The highest BCUT2D eigenvalue weighted by molar-refractivity contribution is 6.36. The first-order valence-corrected chi connectivity index (χ1v) is 9.01. The van der Waals surface area contributed by atoms with Gasteiger partial charge >= 0.3 is 5.97 Å². The molecule has 8 heteroatoms. The van der Waals surface area contributed by atoms with Gasteiger partial charge in [-0.1, -0.05) is 30.1 Å². The summed E-state index contributed by atoms with van der Waals surface area (Å²) in [5.41, 5.74) is -0.658. The van der Waals surface area contributed by atoms with Gasteiger partial charge in [0.15, 0.2) is 6.04 Å². The van der Waals surface area contributed by atoms with Crippen LogP contribution in [0.15, 0.2) is 18.2 Å². The van der Waals surface area contributed by atoms with Crippen molar-refractivity contribution in [3.63, 3.8) is 0 Å². The van der Waals surface area contributed by atoms with Crippen molar-refractivity contribution in [2.75, 3.05) is 26.2 Å². The number of likely N-dealkylation sites (tertiary alicyclic amines) is 1. The molecule has 0 aliphatic carbocycles. The molecule has 2 aliphatic heterocycles. The third-order valence-corrected chi connectivity index (χ3v) is 5.56. The molecule has 3 rings (SSSR count). The van der Waals surface area contributed by atoms with Gasteiger partial charge in [-0.05, 0) is 24.7 Å². The van der Waals surface area contributed by atoms with Gasteiger partial charge in [0.05, 0.1) is 17.2 Å². The third-order valence-electron chi connectivity index (χ3n) is 5.01. The first-order valence-electron chi connectivity index (χ1n) is 8.26. The van der Waals surface area contributed by atoms with Crippen LogP contribution in [0, 0.1) is 0 Å². The fraction of sp³-hybridized carbons (Fsp3) is 0.529. The van der Waals surface area contributed by atoms with Crippen LogP contribution in [0.2, 0.25) is 10.0 Å². The molecule has 25 heavy (non-hydrogen) atoms. The van der Waals surface area contributed by atoms with Gasteiger partial charge in [0.1, 0.15) is 5.72 Å². The molecule has 1 unspecified atom stereocenters. The number of piperidine rings is 1. The molecule has 2 aliphatic rings. The van der Waals surface area contributed by atoms with Crippen LogP contribution in [0.25, 0.3) is 0 Å². The summed E-state index contributed by atoms with van der Waals surface area (Å²) in [4.78, 5) is 28.5. The average Bonchev–Trinajstić information content (AvgIpc) is 2.94. The fourth-order valence-electron chi connectivity index (χ4n) is 3.57. The molecule has 0 saturated carbocycles. The highest BCUT2D eigenvalue weighted by Gasteiger charge is 2.54. The van der Waals surface area contributed by atoms with E-state index in [4.69, 9.17) is 27.9 Å². The minimum absolute atomic E-state index is 0.0155. The summed E-state index contributed by atoms with van der Waals surface area (Å²) >= 11 is 12.1. The number of hydrogen-bond acceptors (Lipinski definition) is 4. The molecular formula is C17H20Cl2N2O4. The van der Waals surface area contributed by atoms with E-state index in [-0.39, 0.29) is 17.2 Å². The van der Waals surface area contributed by atoms with E-state index in [2.05, 4.69) is 11.8 Å². The van der Waals surface area contributed by atoms with Gasteiger partial charge < -0.3 is 14.7 Å². The number of benzene rings is 1. The molecule has 1 amide bonds. The van der Waals surface area contributed by atoms with E-state index in [1.165, 1.54) is 17.0 Å². The number of aliphatic carboxylic acids is 1. The number of halogens is 2. The molecule has 1 aromatic carbocycles. The maximum Gasteiger partial charge on any atom is 0.328 e. The number of rotatable bonds is 3. The summed E-state index contributed by atoms with van der Waals surface area (Å²) in [6.45, 7) is 4.47. The molecule has 0 bridgehead atoms. The number of carbonyl (C=O) groups excluding carboxylic acids is 1. The van der Waals surface area contributed by atoms with Crippen LogP contribution in [-0.4, -0.2) is 64.8 Å². The predicted molar refractivity (Wildman–Crippen MR) is 94.1 cm³/mol. The molecule has 2 heterocycles. The zero-order chi connectivity index (χ0) is 18.2. The Hall–Kier alpha value is -1.34. The minimum Gasteiger partial charge on any atom is -0.480 e. The van der Waals surface area contributed by atoms with E-state index in [0.717, 1.165) is 19.6 Å². The van der Waals surface area contributed by atoms with Crippen LogP contribution >= 0.6 is 23.2 Å². The number of carboxylic acids is 1. The SMILES string of the molecule is CCN1CCC2(CC1)OCC(C(=O)O)N2C(=O)c1ccc(Cl)cc1Cl. The monoisotopic (exact) mass is 386 g/mol. The molecule has 0 radical (unpaired) electrons. The van der Waals surface area contributed by atoms with Crippen LogP contribution in [0.3, 0.4) is 0 Å². The van der Waals surface area contributed by atoms with E-state index in [1.807, 2.05) is 0 Å². The van der Waals surface area contributed by atoms with Gasteiger partial charge in [-0.2, -0.15) is 0 Å². The maximum atomic E-state index is 13.2. The Morgan fingerprint density at radius 1 is 1.32 bits per heavy atom. The van der Waals surface area contributed by atoms with Crippen molar-refractivity contribution in [2.24, 2.45) is 0 Å². The second-order valence-electron chi connectivity index (χ2n) is 6.34. The first-order chi connectivity index (χ1) is 11.9. The van der Waals surface area contributed by atoms with Crippen molar-refractivity contribution in [1.29, 1.82) is 0 Å². The molecule has 0 aromatic heterocycles. The van der Waals surface area contributed by atoms with Crippen LogP contribution in [-0.2, 0) is 9.53 Å².